The van der Waals surface area contributed by atoms with E-state index in [-0.39, 0.29) is 81.9 Å². The van der Waals surface area contributed by atoms with E-state index < -0.39 is 96.7 Å². The van der Waals surface area contributed by atoms with Crippen molar-refractivity contribution >= 4 is 59.2 Å². The third-order valence-corrected chi connectivity index (χ3v) is 8.02. The average Bonchev–Trinajstić information content (AvgIpc) is 3.13. The zero-order valence-corrected chi connectivity index (χ0v) is 33.8. The van der Waals surface area contributed by atoms with Gasteiger partial charge in [-0.05, 0) is 57.3 Å². The summed E-state index contributed by atoms with van der Waals surface area (Å²) in [4.78, 5) is 110. The van der Waals surface area contributed by atoms with E-state index in [0.717, 1.165) is 0 Å². The van der Waals surface area contributed by atoms with Crippen LogP contribution in [0.15, 0.2) is 9.98 Å². The van der Waals surface area contributed by atoms with Crippen LogP contribution in [0.5, 0.6) is 0 Å². The summed E-state index contributed by atoms with van der Waals surface area (Å²) in [7, 11) is 0. The molecular formula is C34H64N14O10. The lowest BCUT2D eigenvalue weighted by Crippen LogP contribution is -2.60. The number of amides is 7. The molecule has 0 saturated carbocycles. The van der Waals surface area contributed by atoms with Crippen molar-refractivity contribution in [2.24, 2.45) is 50.5 Å². The first-order valence-electron chi connectivity index (χ1n) is 18.8. The number of aliphatic imine (C=N–C) groups is 2. The van der Waals surface area contributed by atoms with Crippen LogP contribution in [0.3, 0.4) is 0 Å². The second kappa shape index (κ2) is 27.8. The van der Waals surface area contributed by atoms with Gasteiger partial charge in [0.15, 0.2) is 11.9 Å². The molecule has 330 valence electrons. The molecule has 0 unspecified atom stereocenters. The van der Waals surface area contributed by atoms with Crippen molar-refractivity contribution in [3.8, 4) is 0 Å². The molecule has 0 aliphatic carbocycles. The lowest BCUT2D eigenvalue weighted by molar-refractivity contribution is -0.138. The van der Waals surface area contributed by atoms with Crippen LogP contribution in [0.25, 0.3) is 0 Å². The molecule has 0 rings (SSSR count). The number of carbonyl (C=O) groups excluding carboxylic acids is 7. The predicted molar refractivity (Wildman–Crippen MR) is 213 cm³/mol. The Labute approximate surface area is 337 Å². The maximum Gasteiger partial charge on any atom is 0.322 e. The molecule has 58 heavy (non-hydrogen) atoms. The standard InChI is InChI=1S/C34H64N14O10/c1-17(2)12-22(28(54)42-15-26(51)52)47-32(58)24(16-49)48-27(53)19(5)43-29(55)20(8-6-10-40-33(36)37)45-30(56)21(9-7-11-41-34(38)39)46-31(57)23(13-18(3)4)44-25(50)14-35/h17-24,49H,6-16,35H2,1-5H3,(H,42,54)(H,43,55)(H,44,50)(H,45,56)(H,46,57)(H,47,58)(H,48,53)(H,51,52)(H4,36,37,40)(H4,38,39,41)/t19-,20-,21-,22-,23-,24-/m0/s1. The average molecular weight is 829 g/mol. The molecule has 7 amide bonds. The Hall–Kier alpha value is -5.78. The van der Waals surface area contributed by atoms with Crippen LogP contribution >= 0.6 is 0 Å². The highest BCUT2D eigenvalue weighted by atomic mass is 16.4. The van der Waals surface area contributed by atoms with E-state index in [1.54, 1.807) is 13.8 Å². The van der Waals surface area contributed by atoms with Crippen molar-refractivity contribution in [2.45, 2.75) is 109 Å². The van der Waals surface area contributed by atoms with Crippen LogP contribution in [-0.4, -0.2) is 138 Å². The third-order valence-electron chi connectivity index (χ3n) is 8.02. The molecule has 0 spiro atoms. The van der Waals surface area contributed by atoms with Crippen LogP contribution in [0.2, 0.25) is 0 Å². The van der Waals surface area contributed by atoms with Crippen molar-refractivity contribution in [1.29, 1.82) is 0 Å². The molecule has 0 aromatic carbocycles. The minimum atomic E-state index is -1.58. The number of aliphatic hydroxyl groups is 1. The van der Waals surface area contributed by atoms with Crippen LogP contribution in [-0.2, 0) is 38.4 Å². The zero-order valence-electron chi connectivity index (χ0n) is 33.8. The SMILES string of the molecule is CC(C)C[C@H](NC(=O)CN)C(=O)N[C@@H](CCCN=C(N)N)C(=O)N[C@@H](CCCN=C(N)N)C(=O)N[C@@H](C)C(=O)N[C@@H](CO)C(=O)N[C@@H](CC(C)C)C(=O)NCC(=O)O. The smallest absolute Gasteiger partial charge is 0.322 e. The van der Waals surface area contributed by atoms with Crippen molar-refractivity contribution in [1.82, 2.24) is 37.2 Å². The highest BCUT2D eigenvalue weighted by molar-refractivity contribution is 5.97. The molecule has 0 aliphatic heterocycles. The summed E-state index contributed by atoms with van der Waals surface area (Å²) < 4.78 is 0. The van der Waals surface area contributed by atoms with E-state index >= 15 is 0 Å². The number of aliphatic carboxylic acids is 1. The van der Waals surface area contributed by atoms with Gasteiger partial charge in [-0.15, -0.1) is 0 Å². The molecule has 24 heteroatoms. The number of carboxylic acid groups (broad SMARTS) is 1. The Morgan fingerprint density at radius 3 is 1.36 bits per heavy atom. The molecule has 19 N–H and O–H groups in total. The number of nitrogens with one attached hydrogen (secondary N) is 7. The quantitative estimate of drug-likeness (QED) is 0.0199. The summed E-state index contributed by atoms with van der Waals surface area (Å²) in [6, 6.07) is -7.74. The first-order chi connectivity index (χ1) is 27.1. The summed E-state index contributed by atoms with van der Waals surface area (Å²) in [5.74, 6) is -7.46. The van der Waals surface area contributed by atoms with E-state index in [1.165, 1.54) is 6.92 Å². The molecule has 0 bridgehead atoms. The maximum absolute atomic E-state index is 13.8. The molecule has 0 saturated heterocycles. The molecule has 0 aliphatic rings. The van der Waals surface area contributed by atoms with Gasteiger partial charge in [-0.2, -0.15) is 0 Å². The van der Waals surface area contributed by atoms with Crippen molar-refractivity contribution < 1.29 is 48.6 Å². The summed E-state index contributed by atoms with van der Waals surface area (Å²) in [5, 5.41) is 35.9. The molecule has 0 aromatic heterocycles. The van der Waals surface area contributed by atoms with E-state index in [9.17, 15) is 43.5 Å². The maximum atomic E-state index is 13.8. The summed E-state index contributed by atoms with van der Waals surface area (Å²) in [6.45, 7) is 6.64. The number of hydrogen-bond donors (Lipinski definition) is 14. The minimum Gasteiger partial charge on any atom is -0.480 e. The van der Waals surface area contributed by atoms with Gasteiger partial charge in [0.25, 0.3) is 0 Å². The van der Waals surface area contributed by atoms with Crippen LogP contribution in [0.1, 0.15) is 73.1 Å². The Morgan fingerprint density at radius 2 is 0.948 bits per heavy atom. The predicted octanol–water partition coefficient (Wildman–Crippen LogP) is -5.73. The van der Waals surface area contributed by atoms with E-state index in [4.69, 9.17) is 33.8 Å². The van der Waals surface area contributed by atoms with Crippen LogP contribution in [0.4, 0.5) is 0 Å². The van der Waals surface area contributed by atoms with Crippen molar-refractivity contribution in [3.05, 3.63) is 0 Å². The summed E-state index contributed by atoms with van der Waals surface area (Å²) in [5.41, 5.74) is 27.1. The summed E-state index contributed by atoms with van der Waals surface area (Å²) >= 11 is 0. The highest BCUT2D eigenvalue weighted by Crippen LogP contribution is 2.09. The van der Waals surface area contributed by atoms with Crippen molar-refractivity contribution in [2.75, 3.05) is 32.8 Å². The Balaban J connectivity index is 6.18. The monoisotopic (exact) mass is 828 g/mol. The zero-order chi connectivity index (χ0) is 44.5. The number of hydrogen-bond acceptors (Lipinski definition) is 12. The van der Waals surface area contributed by atoms with Gasteiger partial charge < -0.3 is 76.1 Å². The van der Waals surface area contributed by atoms with Crippen LogP contribution < -0.4 is 65.9 Å². The number of rotatable bonds is 28. The molecule has 0 aromatic rings. The highest BCUT2D eigenvalue weighted by Gasteiger charge is 2.32. The summed E-state index contributed by atoms with van der Waals surface area (Å²) in [6.07, 6.45) is 0.653. The van der Waals surface area contributed by atoms with Gasteiger partial charge in [0, 0.05) is 13.1 Å². The van der Waals surface area contributed by atoms with Gasteiger partial charge in [0.2, 0.25) is 41.4 Å². The number of carboxylic acids is 1. The normalized spacial score (nSPS) is 13.9. The Morgan fingerprint density at radius 1 is 0.552 bits per heavy atom. The van der Waals surface area contributed by atoms with Gasteiger partial charge in [-0.3, -0.25) is 48.3 Å². The molecular weight excluding hydrogens is 764 g/mol. The molecule has 0 radical (unpaired) electrons. The number of aliphatic hydroxyl groups excluding tert-OH is 1. The molecule has 6 atom stereocenters. The largest absolute Gasteiger partial charge is 0.480 e. The van der Waals surface area contributed by atoms with E-state index in [2.05, 4.69) is 47.2 Å². The van der Waals surface area contributed by atoms with Crippen LogP contribution in [0, 0.1) is 11.8 Å². The first-order valence-corrected chi connectivity index (χ1v) is 18.8. The van der Waals surface area contributed by atoms with Gasteiger partial charge in [-0.25, -0.2) is 0 Å². The van der Waals surface area contributed by atoms with E-state index in [0.29, 0.717) is 0 Å². The molecule has 0 fully saturated rings. The number of nitrogens with zero attached hydrogens (tertiary/aromatic N) is 2. The number of nitrogens with two attached hydrogens (primary N) is 5. The second-order valence-corrected chi connectivity index (χ2v) is 14.3. The third kappa shape index (κ3) is 22.7. The number of guanidine groups is 2. The molecule has 0 heterocycles. The fourth-order valence-electron chi connectivity index (χ4n) is 5.18. The number of carbonyl (C=O) groups is 8. The minimum absolute atomic E-state index is 0.00140. The Kier molecular flexibility index (Phi) is 25.0. The fourth-order valence-corrected chi connectivity index (χ4v) is 5.18. The Bertz CT molecular complexity index is 1450. The lowest BCUT2D eigenvalue weighted by Gasteiger charge is -2.27. The van der Waals surface area contributed by atoms with Gasteiger partial charge in [0.05, 0.1) is 13.2 Å². The van der Waals surface area contributed by atoms with Gasteiger partial charge in [0.1, 0.15) is 42.8 Å². The topological polar surface area (TPSA) is 416 Å². The first kappa shape index (κ1) is 52.2. The van der Waals surface area contributed by atoms with Gasteiger partial charge >= 0.3 is 5.97 Å². The lowest BCUT2D eigenvalue weighted by atomic mass is 10.0. The van der Waals surface area contributed by atoms with Crippen molar-refractivity contribution in [3.63, 3.8) is 0 Å². The molecule has 24 nitrogen and oxygen atoms in total. The fraction of sp³-hybridized carbons (Fsp3) is 0.706. The van der Waals surface area contributed by atoms with Gasteiger partial charge in [-0.1, -0.05) is 27.7 Å². The second-order valence-electron chi connectivity index (χ2n) is 14.3. The van der Waals surface area contributed by atoms with E-state index in [1.807, 2.05) is 13.8 Å².